The second-order valence-electron chi connectivity index (χ2n) is 6.75. The molecule has 0 aliphatic heterocycles. The van der Waals surface area contributed by atoms with Gasteiger partial charge in [0.15, 0.2) is 11.0 Å². The summed E-state index contributed by atoms with van der Waals surface area (Å²) in [4.78, 5) is 25.7. The quantitative estimate of drug-likeness (QED) is 0.281. The fourth-order valence-electron chi connectivity index (χ4n) is 3.00. The van der Waals surface area contributed by atoms with Gasteiger partial charge in [-0.1, -0.05) is 17.8 Å². The van der Waals surface area contributed by atoms with Crippen LogP contribution in [0.1, 0.15) is 20.8 Å². The molecule has 1 aromatic carbocycles. The summed E-state index contributed by atoms with van der Waals surface area (Å²) in [5.74, 6) is 0.812. The summed E-state index contributed by atoms with van der Waals surface area (Å²) in [6, 6.07) is 7.51. The van der Waals surface area contributed by atoms with E-state index in [2.05, 4.69) is 22.1 Å². The molecule has 1 N–H and O–H groups in total. The third-order valence-corrected chi connectivity index (χ3v) is 6.83. The Hall–Kier alpha value is -3.11. The van der Waals surface area contributed by atoms with Gasteiger partial charge < -0.3 is 14.8 Å². The van der Waals surface area contributed by atoms with E-state index < -0.39 is 5.97 Å². The number of ether oxygens (including phenoxy) is 2. The minimum absolute atomic E-state index is 0.106. The molecule has 0 atom stereocenters. The van der Waals surface area contributed by atoms with Gasteiger partial charge in [-0.05, 0) is 43.7 Å². The lowest BCUT2D eigenvalue weighted by Gasteiger charge is -2.09. The van der Waals surface area contributed by atoms with Gasteiger partial charge in [0.05, 0.1) is 25.5 Å². The van der Waals surface area contributed by atoms with Gasteiger partial charge in [0.2, 0.25) is 5.91 Å². The van der Waals surface area contributed by atoms with Crippen LogP contribution in [0.5, 0.6) is 5.75 Å². The number of anilines is 1. The predicted molar refractivity (Wildman–Crippen MR) is 127 cm³/mol. The van der Waals surface area contributed by atoms with E-state index in [0.717, 1.165) is 21.8 Å². The van der Waals surface area contributed by atoms with Crippen LogP contribution in [0.2, 0.25) is 0 Å². The normalized spacial score (nSPS) is 10.6. The second-order valence-corrected chi connectivity index (χ2v) is 8.92. The molecule has 1 amide bonds. The molecular weight excluding hydrogens is 448 g/mol. The summed E-state index contributed by atoms with van der Waals surface area (Å²) in [5.41, 5.74) is 2.08. The molecule has 0 bridgehead atoms. The first-order chi connectivity index (χ1) is 15.4. The zero-order valence-corrected chi connectivity index (χ0v) is 19.9. The number of aromatic nitrogens is 3. The number of benzene rings is 1. The Morgan fingerprint density at radius 1 is 1.22 bits per heavy atom. The highest BCUT2D eigenvalue weighted by Gasteiger charge is 2.22. The lowest BCUT2D eigenvalue weighted by molar-refractivity contribution is -0.113. The molecular formula is C22H24N4O4S2. The van der Waals surface area contributed by atoms with Gasteiger partial charge in [0.25, 0.3) is 0 Å². The number of nitrogens with zero attached hydrogens (tertiary/aromatic N) is 3. The Bertz CT molecular complexity index is 1140. The molecule has 0 saturated carbocycles. The van der Waals surface area contributed by atoms with Crippen molar-refractivity contribution >= 4 is 40.0 Å². The van der Waals surface area contributed by atoms with Crippen molar-refractivity contribution in [1.29, 1.82) is 0 Å². The van der Waals surface area contributed by atoms with Gasteiger partial charge in [-0.15, -0.1) is 28.1 Å². The number of methoxy groups -OCH3 is 2. The lowest BCUT2D eigenvalue weighted by Crippen LogP contribution is -2.16. The predicted octanol–water partition coefficient (Wildman–Crippen LogP) is 4.34. The number of carbonyl (C=O) groups excluding carboxylic acids is 2. The summed E-state index contributed by atoms with van der Waals surface area (Å²) in [6.45, 7) is 8.03. The molecule has 32 heavy (non-hydrogen) atoms. The van der Waals surface area contributed by atoms with Crippen molar-refractivity contribution in [1.82, 2.24) is 14.8 Å². The average Bonchev–Trinajstić information content (AvgIpc) is 3.32. The summed E-state index contributed by atoms with van der Waals surface area (Å²) in [7, 11) is 2.94. The molecule has 3 aromatic rings. The van der Waals surface area contributed by atoms with E-state index in [1.807, 2.05) is 42.7 Å². The molecule has 3 rings (SSSR count). The molecule has 10 heteroatoms. The maximum atomic E-state index is 12.6. The van der Waals surface area contributed by atoms with Crippen molar-refractivity contribution in [2.45, 2.75) is 25.5 Å². The SMILES string of the molecule is C=CCn1c(SCC(=O)Nc2sc(C)c(C)c2C(=O)OC)nnc1-c1ccc(OC)cc1. The standard InChI is InChI=1S/C22H24N4O4S2/c1-6-11-26-19(15-7-9-16(29-4)10-8-15)24-25-22(26)31-12-17(27)23-20-18(21(28)30-5)13(2)14(3)32-20/h6-10H,1,11-12H2,2-5H3,(H,23,27). The molecule has 168 valence electrons. The van der Waals surface area contributed by atoms with Crippen molar-refractivity contribution in [3.05, 3.63) is 52.9 Å². The number of esters is 1. The molecule has 0 saturated heterocycles. The maximum absolute atomic E-state index is 12.6. The van der Waals surface area contributed by atoms with E-state index in [4.69, 9.17) is 9.47 Å². The van der Waals surface area contributed by atoms with Crippen LogP contribution in [0.25, 0.3) is 11.4 Å². The number of nitrogens with one attached hydrogen (secondary N) is 1. The van der Waals surface area contributed by atoms with E-state index in [9.17, 15) is 9.59 Å². The minimum atomic E-state index is -0.468. The molecule has 0 aliphatic rings. The topological polar surface area (TPSA) is 95.3 Å². The number of thioether (sulfide) groups is 1. The highest BCUT2D eigenvalue weighted by atomic mass is 32.2. The van der Waals surface area contributed by atoms with Crippen molar-refractivity contribution in [3.63, 3.8) is 0 Å². The van der Waals surface area contributed by atoms with Crippen molar-refractivity contribution in [2.75, 3.05) is 25.3 Å². The first-order valence-corrected chi connectivity index (χ1v) is 11.5. The first kappa shape index (κ1) is 23.6. The molecule has 2 heterocycles. The number of allylic oxidation sites excluding steroid dienone is 1. The first-order valence-electron chi connectivity index (χ1n) is 9.69. The zero-order chi connectivity index (χ0) is 23.3. The number of aryl methyl sites for hydroxylation is 1. The summed E-state index contributed by atoms with van der Waals surface area (Å²) in [5, 5.41) is 12.5. The van der Waals surface area contributed by atoms with Gasteiger partial charge in [0, 0.05) is 17.0 Å². The van der Waals surface area contributed by atoms with Crippen LogP contribution in [0.4, 0.5) is 5.00 Å². The van der Waals surface area contributed by atoms with Crippen LogP contribution in [-0.4, -0.2) is 46.6 Å². The van der Waals surface area contributed by atoms with E-state index >= 15 is 0 Å². The van der Waals surface area contributed by atoms with Gasteiger partial charge in [-0.25, -0.2) is 4.79 Å². The Kier molecular flexibility index (Phi) is 7.70. The number of carbonyl (C=O) groups is 2. The average molecular weight is 473 g/mol. The third-order valence-electron chi connectivity index (χ3n) is 4.74. The van der Waals surface area contributed by atoms with Crippen LogP contribution in [0.15, 0.2) is 42.1 Å². The van der Waals surface area contributed by atoms with Crippen molar-refractivity contribution in [2.24, 2.45) is 0 Å². The fraction of sp³-hybridized carbons (Fsp3) is 0.273. The highest BCUT2D eigenvalue weighted by Crippen LogP contribution is 2.33. The van der Waals surface area contributed by atoms with Crippen LogP contribution in [-0.2, 0) is 16.1 Å². The van der Waals surface area contributed by atoms with Gasteiger partial charge in [0.1, 0.15) is 10.8 Å². The minimum Gasteiger partial charge on any atom is -0.497 e. The Morgan fingerprint density at radius 3 is 2.56 bits per heavy atom. The van der Waals surface area contributed by atoms with Crippen LogP contribution in [0, 0.1) is 13.8 Å². The monoisotopic (exact) mass is 472 g/mol. The molecule has 0 fully saturated rings. The van der Waals surface area contributed by atoms with E-state index in [0.29, 0.717) is 28.1 Å². The number of thiophene rings is 1. The summed E-state index contributed by atoms with van der Waals surface area (Å²) < 4.78 is 12.0. The number of hydrogen-bond acceptors (Lipinski definition) is 8. The summed E-state index contributed by atoms with van der Waals surface area (Å²) >= 11 is 2.61. The second kappa shape index (κ2) is 10.5. The lowest BCUT2D eigenvalue weighted by atomic mass is 10.1. The zero-order valence-electron chi connectivity index (χ0n) is 18.3. The van der Waals surface area contributed by atoms with Crippen LogP contribution in [0.3, 0.4) is 0 Å². The molecule has 0 radical (unpaired) electrons. The van der Waals surface area contributed by atoms with Gasteiger partial charge in [-0.2, -0.15) is 0 Å². The molecule has 8 nitrogen and oxygen atoms in total. The number of amides is 1. The van der Waals surface area contributed by atoms with E-state index in [1.54, 1.807) is 13.2 Å². The number of rotatable bonds is 9. The van der Waals surface area contributed by atoms with Gasteiger partial charge >= 0.3 is 5.97 Å². The number of hydrogen-bond donors (Lipinski definition) is 1. The van der Waals surface area contributed by atoms with Crippen molar-refractivity contribution in [3.8, 4) is 17.1 Å². The van der Waals surface area contributed by atoms with Gasteiger partial charge in [-0.3, -0.25) is 9.36 Å². The Morgan fingerprint density at radius 2 is 1.94 bits per heavy atom. The largest absolute Gasteiger partial charge is 0.497 e. The highest BCUT2D eigenvalue weighted by molar-refractivity contribution is 7.99. The molecule has 2 aromatic heterocycles. The van der Waals surface area contributed by atoms with Crippen LogP contribution < -0.4 is 10.1 Å². The van der Waals surface area contributed by atoms with E-state index in [-0.39, 0.29) is 11.7 Å². The fourth-order valence-corrected chi connectivity index (χ4v) is 4.81. The molecule has 0 spiro atoms. The van der Waals surface area contributed by atoms with E-state index in [1.165, 1.54) is 30.2 Å². The smallest absolute Gasteiger partial charge is 0.341 e. The molecule has 0 unspecified atom stereocenters. The molecule has 0 aliphatic carbocycles. The summed E-state index contributed by atoms with van der Waals surface area (Å²) in [6.07, 6.45) is 1.75. The maximum Gasteiger partial charge on any atom is 0.341 e. The van der Waals surface area contributed by atoms with Crippen molar-refractivity contribution < 1.29 is 19.1 Å². The Balaban J connectivity index is 1.75. The third kappa shape index (κ3) is 5.03. The Labute approximate surface area is 194 Å². The van der Waals surface area contributed by atoms with Crippen LogP contribution >= 0.6 is 23.1 Å².